The van der Waals surface area contributed by atoms with E-state index in [2.05, 4.69) is 64.8 Å². The number of rotatable bonds is 5. The van der Waals surface area contributed by atoms with Gasteiger partial charge in [-0.05, 0) is 92.2 Å². The zero-order chi connectivity index (χ0) is 21.8. The number of benzene rings is 3. The molecule has 2 fully saturated rings. The predicted molar refractivity (Wildman–Crippen MR) is 130 cm³/mol. The van der Waals surface area contributed by atoms with Gasteiger partial charge in [0.15, 0.2) is 0 Å². The van der Waals surface area contributed by atoms with Gasteiger partial charge in [0, 0.05) is 12.0 Å². The number of hydrogen-bond donors (Lipinski definition) is 1. The second-order valence-electron chi connectivity index (χ2n) is 9.37. The number of nitrogens with one attached hydrogen (secondary N) is 1. The molecule has 32 heavy (non-hydrogen) atoms. The zero-order valence-electron chi connectivity index (χ0n) is 18.7. The third-order valence-electron chi connectivity index (χ3n) is 7.48. The van der Waals surface area contributed by atoms with Crippen LogP contribution in [0.5, 0.6) is 0 Å². The Bertz CT molecular complexity index is 970. The molecule has 0 aliphatic carbocycles. The largest absolute Gasteiger partial charge is 0.317 e. The second kappa shape index (κ2) is 9.97. The van der Waals surface area contributed by atoms with Crippen molar-refractivity contribution in [3.8, 4) is 11.1 Å². The van der Waals surface area contributed by atoms with E-state index in [1.807, 2.05) is 12.1 Å². The molecule has 3 aromatic carbocycles. The van der Waals surface area contributed by atoms with Crippen molar-refractivity contribution >= 4 is 0 Å². The molecular formula is C29H33FN2. The Morgan fingerprint density at radius 3 is 1.88 bits per heavy atom. The molecule has 2 heterocycles. The van der Waals surface area contributed by atoms with Crippen LogP contribution < -0.4 is 5.32 Å². The molecule has 0 bridgehead atoms. The summed E-state index contributed by atoms with van der Waals surface area (Å²) in [5.74, 6) is 0.894. The van der Waals surface area contributed by atoms with Gasteiger partial charge in [0.25, 0.3) is 0 Å². The lowest BCUT2D eigenvalue weighted by Gasteiger charge is -2.41. The van der Waals surface area contributed by atoms with E-state index in [4.69, 9.17) is 0 Å². The van der Waals surface area contributed by atoms with E-state index in [0.717, 1.165) is 30.3 Å². The number of likely N-dealkylation sites (tertiary alicyclic amines) is 1. The first-order chi connectivity index (χ1) is 15.8. The molecule has 0 saturated carbocycles. The summed E-state index contributed by atoms with van der Waals surface area (Å²) in [4.78, 5) is 2.75. The summed E-state index contributed by atoms with van der Waals surface area (Å²) in [6.45, 7) is 4.76. The van der Waals surface area contributed by atoms with Gasteiger partial charge >= 0.3 is 0 Å². The van der Waals surface area contributed by atoms with Gasteiger partial charge in [-0.3, -0.25) is 0 Å². The Hall–Kier alpha value is -2.49. The lowest BCUT2D eigenvalue weighted by atomic mass is 9.75. The highest BCUT2D eigenvalue weighted by molar-refractivity contribution is 5.63. The summed E-state index contributed by atoms with van der Waals surface area (Å²) in [6, 6.07) is 27.5. The highest BCUT2D eigenvalue weighted by Gasteiger charge is 2.31. The summed E-state index contributed by atoms with van der Waals surface area (Å²) in [5, 5.41) is 3.50. The van der Waals surface area contributed by atoms with Gasteiger partial charge < -0.3 is 10.2 Å². The molecule has 166 valence electrons. The van der Waals surface area contributed by atoms with Crippen molar-refractivity contribution in [2.45, 2.75) is 37.6 Å². The van der Waals surface area contributed by atoms with Gasteiger partial charge in [0.1, 0.15) is 5.82 Å². The SMILES string of the molecule is Fc1ccc(-c2ccc(C(c3ccccc3)C3CCN(C4CCNCC4)CC3)cc2)cc1. The van der Waals surface area contributed by atoms with Crippen LogP contribution in [0.4, 0.5) is 4.39 Å². The van der Waals surface area contributed by atoms with Crippen molar-refractivity contribution < 1.29 is 4.39 Å². The Morgan fingerprint density at radius 2 is 1.25 bits per heavy atom. The predicted octanol–water partition coefficient (Wildman–Crippen LogP) is 6.09. The number of hydrogen-bond acceptors (Lipinski definition) is 2. The van der Waals surface area contributed by atoms with Crippen LogP contribution in [0.1, 0.15) is 42.7 Å². The van der Waals surface area contributed by atoms with Gasteiger partial charge in [-0.2, -0.15) is 0 Å². The maximum Gasteiger partial charge on any atom is 0.123 e. The maximum absolute atomic E-state index is 13.3. The molecular weight excluding hydrogens is 395 g/mol. The Balaban J connectivity index is 1.35. The van der Waals surface area contributed by atoms with Crippen LogP contribution >= 0.6 is 0 Å². The minimum Gasteiger partial charge on any atom is -0.317 e. The zero-order valence-corrected chi connectivity index (χ0v) is 18.7. The molecule has 5 rings (SSSR count). The topological polar surface area (TPSA) is 15.3 Å². The minimum absolute atomic E-state index is 0.189. The molecule has 0 radical (unpaired) electrons. The fourth-order valence-electron chi connectivity index (χ4n) is 5.71. The van der Waals surface area contributed by atoms with E-state index in [0.29, 0.717) is 11.8 Å². The molecule has 3 aromatic rings. The number of halogens is 1. The molecule has 3 heteroatoms. The summed E-state index contributed by atoms with van der Waals surface area (Å²) < 4.78 is 13.3. The lowest BCUT2D eigenvalue weighted by molar-refractivity contribution is 0.106. The van der Waals surface area contributed by atoms with Crippen molar-refractivity contribution in [3.63, 3.8) is 0 Å². The normalized spacial score (nSPS) is 19.7. The van der Waals surface area contributed by atoms with E-state index < -0.39 is 0 Å². The Labute approximate surface area is 191 Å². The quantitative estimate of drug-likeness (QED) is 0.529. The van der Waals surface area contributed by atoms with Crippen molar-refractivity contribution in [2.75, 3.05) is 26.2 Å². The summed E-state index contributed by atoms with van der Waals surface area (Å²) in [5.41, 5.74) is 5.01. The second-order valence-corrected chi connectivity index (χ2v) is 9.37. The van der Waals surface area contributed by atoms with Crippen LogP contribution in [-0.2, 0) is 0 Å². The van der Waals surface area contributed by atoms with Gasteiger partial charge in [0.05, 0.1) is 0 Å². The molecule has 2 nitrogen and oxygen atoms in total. The Kier molecular flexibility index (Phi) is 6.66. The van der Waals surface area contributed by atoms with Crippen molar-refractivity contribution in [1.82, 2.24) is 10.2 Å². The standard InChI is InChI=1S/C29H33FN2/c30-27-12-10-23(11-13-27)22-6-8-25(9-7-22)29(24-4-2-1-3-5-24)26-16-20-32(21-17-26)28-14-18-31-19-15-28/h1-13,26,28-29,31H,14-21H2. The van der Waals surface area contributed by atoms with Gasteiger partial charge in [-0.25, -0.2) is 4.39 Å². The summed E-state index contributed by atoms with van der Waals surface area (Å²) in [7, 11) is 0. The van der Waals surface area contributed by atoms with E-state index in [1.54, 1.807) is 0 Å². The molecule has 1 atom stereocenters. The Morgan fingerprint density at radius 1 is 0.688 bits per heavy atom. The van der Waals surface area contributed by atoms with Gasteiger partial charge in [0.2, 0.25) is 0 Å². The molecule has 2 saturated heterocycles. The number of nitrogens with zero attached hydrogens (tertiary/aromatic N) is 1. The molecule has 0 spiro atoms. The van der Waals surface area contributed by atoms with Crippen molar-refractivity contribution in [2.24, 2.45) is 5.92 Å². The summed E-state index contributed by atoms with van der Waals surface area (Å²) >= 11 is 0. The van der Waals surface area contributed by atoms with Crippen LogP contribution in [0.2, 0.25) is 0 Å². The first kappa shape index (κ1) is 21.4. The van der Waals surface area contributed by atoms with Crippen LogP contribution in [0.3, 0.4) is 0 Å². The average molecular weight is 429 g/mol. The monoisotopic (exact) mass is 428 g/mol. The molecule has 2 aliphatic rings. The van der Waals surface area contributed by atoms with Crippen molar-refractivity contribution in [3.05, 3.63) is 95.8 Å². The minimum atomic E-state index is -0.189. The van der Waals surface area contributed by atoms with E-state index in [1.165, 1.54) is 62.0 Å². The fraction of sp³-hybridized carbons (Fsp3) is 0.379. The van der Waals surface area contributed by atoms with Crippen LogP contribution in [-0.4, -0.2) is 37.1 Å². The number of piperidine rings is 2. The fourth-order valence-corrected chi connectivity index (χ4v) is 5.71. The van der Waals surface area contributed by atoms with Crippen LogP contribution in [0.25, 0.3) is 11.1 Å². The van der Waals surface area contributed by atoms with Gasteiger partial charge in [-0.15, -0.1) is 0 Å². The molecule has 0 amide bonds. The first-order valence-electron chi connectivity index (χ1n) is 12.1. The highest BCUT2D eigenvalue weighted by atomic mass is 19.1. The van der Waals surface area contributed by atoms with E-state index in [-0.39, 0.29) is 5.82 Å². The third kappa shape index (κ3) is 4.79. The maximum atomic E-state index is 13.3. The third-order valence-corrected chi connectivity index (χ3v) is 7.48. The average Bonchev–Trinajstić information content (AvgIpc) is 2.87. The van der Waals surface area contributed by atoms with Crippen LogP contribution in [0, 0.1) is 11.7 Å². The van der Waals surface area contributed by atoms with Gasteiger partial charge in [-0.1, -0.05) is 66.7 Å². The first-order valence-corrected chi connectivity index (χ1v) is 12.1. The van der Waals surface area contributed by atoms with Crippen LogP contribution in [0.15, 0.2) is 78.9 Å². The molecule has 1 unspecified atom stereocenters. The highest BCUT2D eigenvalue weighted by Crippen LogP contribution is 2.39. The molecule has 0 aromatic heterocycles. The molecule has 2 aliphatic heterocycles. The molecule has 1 N–H and O–H groups in total. The lowest BCUT2D eigenvalue weighted by Crippen LogP contribution is -2.47. The summed E-state index contributed by atoms with van der Waals surface area (Å²) in [6.07, 6.45) is 5.08. The van der Waals surface area contributed by atoms with E-state index >= 15 is 0 Å². The smallest absolute Gasteiger partial charge is 0.123 e. The van der Waals surface area contributed by atoms with E-state index in [9.17, 15) is 4.39 Å². The van der Waals surface area contributed by atoms with Crippen molar-refractivity contribution in [1.29, 1.82) is 0 Å².